The van der Waals surface area contributed by atoms with E-state index in [1.807, 2.05) is 38.2 Å². The van der Waals surface area contributed by atoms with Crippen LogP contribution in [0.1, 0.15) is 49.7 Å². The Kier molecular flexibility index (Phi) is 10.2. The van der Waals surface area contributed by atoms with Crippen LogP contribution in [0.15, 0.2) is 24.4 Å². The van der Waals surface area contributed by atoms with Gasteiger partial charge >= 0.3 is 0 Å². The number of hydrogen-bond acceptors (Lipinski definition) is 9. The number of carbonyl (C=O) groups is 2. The number of amides is 2. The quantitative estimate of drug-likeness (QED) is 0.276. The number of nitrogens with zero attached hydrogens (tertiary/aromatic N) is 5. The summed E-state index contributed by atoms with van der Waals surface area (Å²) < 4.78 is 0. The van der Waals surface area contributed by atoms with Crippen LogP contribution >= 0.6 is 11.3 Å². The molecule has 2 aromatic rings. The zero-order valence-corrected chi connectivity index (χ0v) is 22.7. The summed E-state index contributed by atoms with van der Waals surface area (Å²) in [6.45, 7) is 5.27. The molecule has 0 unspecified atom stereocenters. The SMILES string of the molecule is CCc1nc(NCCNC(=O)[C@H](C)N(C)C(=O)C=CCN(C)C)cc(Nc2ncc(C3CCC3)s2)n1. The fraction of sp³-hybridized carbons (Fsp3) is 0.560. The minimum Gasteiger partial charge on any atom is -0.368 e. The van der Waals surface area contributed by atoms with Crippen molar-refractivity contribution in [2.24, 2.45) is 0 Å². The van der Waals surface area contributed by atoms with Gasteiger partial charge in [0.15, 0.2) is 5.13 Å². The molecule has 2 amide bonds. The smallest absolute Gasteiger partial charge is 0.246 e. The Morgan fingerprint density at radius 1 is 1.19 bits per heavy atom. The molecule has 3 N–H and O–H groups in total. The zero-order valence-electron chi connectivity index (χ0n) is 21.9. The average molecular weight is 515 g/mol. The van der Waals surface area contributed by atoms with Crippen LogP contribution in [0, 0.1) is 0 Å². The number of thiazole rings is 1. The highest BCUT2D eigenvalue weighted by Gasteiger charge is 2.22. The molecule has 36 heavy (non-hydrogen) atoms. The molecule has 11 heteroatoms. The van der Waals surface area contributed by atoms with Crippen molar-refractivity contribution >= 4 is 39.9 Å². The van der Waals surface area contributed by atoms with E-state index in [0.29, 0.717) is 43.6 Å². The molecule has 1 aliphatic rings. The van der Waals surface area contributed by atoms with E-state index in [4.69, 9.17) is 0 Å². The van der Waals surface area contributed by atoms with Crippen LogP contribution in [-0.4, -0.2) is 83.4 Å². The number of aryl methyl sites for hydroxylation is 1. The number of carbonyl (C=O) groups excluding carboxylic acids is 2. The van der Waals surface area contributed by atoms with Gasteiger partial charge in [-0.3, -0.25) is 9.59 Å². The summed E-state index contributed by atoms with van der Waals surface area (Å²) in [6.07, 6.45) is 9.74. The molecular weight excluding hydrogens is 476 g/mol. The molecule has 1 aliphatic carbocycles. The van der Waals surface area contributed by atoms with Crippen LogP contribution in [0.2, 0.25) is 0 Å². The maximum Gasteiger partial charge on any atom is 0.246 e. The lowest BCUT2D eigenvalue weighted by atomic mass is 9.85. The molecule has 1 saturated carbocycles. The Hall–Kier alpha value is -3.05. The Balaban J connectivity index is 1.47. The lowest BCUT2D eigenvalue weighted by Gasteiger charge is -2.23. The van der Waals surface area contributed by atoms with Gasteiger partial charge in [-0.05, 0) is 39.8 Å². The summed E-state index contributed by atoms with van der Waals surface area (Å²) in [5.74, 6) is 2.34. The topological polar surface area (TPSA) is 115 Å². The molecule has 0 aromatic carbocycles. The van der Waals surface area contributed by atoms with Crippen molar-refractivity contribution in [1.82, 2.24) is 30.1 Å². The first-order valence-corrected chi connectivity index (χ1v) is 13.3. The van der Waals surface area contributed by atoms with E-state index in [9.17, 15) is 9.59 Å². The maximum atomic E-state index is 12.5. The molecule has 0 aliphatic heterocycles. The van der Waals surface area contributed by atoms with Gasteiger partial charge in [-0.25, -0.2) is 15.0 Å². The van der Waals surface area contributed by atoms with Gasteiger partial charge in [0.05, 0.1) is 0 Å². The molecule has 1 atom stereocenters. The Labute approximate surface area is 217 Å². The first kappa shape index (κ1) is 27.5. The van der Waals surface area contributed by atoms with Crippen LogP contribution in [0.25, 0.3) is 0 Å². The molecule has 1 fully saturated rings. The van der Waals surface area contributed by atoms with E-state index >= 15 is 0 Å². The highest BCUT2D eigenvalue weighted by Crippen LogP contribution is 2.40. The number of likely N-dealkylation sites (N-methyl/N-ethyl adjacent to an activating group) is 2. The largest absolute Gasteiger partial charge is 0.368 e. The third-order valence-electron chi connectivity index (χ3n) is 6.12. The average Bonchev–Trinajstić information content (AvgIpc) is 3.26. The Morgan fingerprint density at radius 3 is 2.61 bits per heavy atom. The first-order valence-electron chi connectivity index (χ1n) is 12.5. The molecule has 0 radical (unpaired) electrons. The highest BCUT2D eigenvalue weighted by atomic mass is 32.1. The van der Waals surface area contributed by atoms with Crippen LogP contribution in [0.5, 0.6) is 0 Å². The zero-order chi connectivity index (χ0) is 26.1. The number of anilines is 3. The molecular formula is C25H38N8O2S. The summed E-state index contributed by atoms with van der Waals surface area (Å²) in [6, 6.07) is 1.27. The highest BCUT2D eigenvalue weighted by molar-refractivity contribution is 7.15. The third-order valence-corrected chi connectivity index (χ3v) is 7.20. The summed E-state index contributed by atoms with van der Waals surface area (Å²) in [4.78, 5) is 43.1. The van der Waals surface area contributed by atoms with Gasteiger partial charge in [-0.1, -0.05) is 19.4 Å². The number of hydrogen-bond donors (Lipinski definition) is 3. The molecule has 2 heterocycles. The lowest BCUT2D eigenvalue weighted by molar-refractivity contribution is -0.135. The van der Waals surface area contributed by atoms with Crippen molar-refractivity contribution in [3.05, 3.63) is 35.1 Å². The van der Waals surface area contributed by atoms with E-state index in [0.717, 1.165) is 11.0 Å². The van der Waals surface area contributed by atoms with Crippen LogP contribution in [-0.2, 0) is 16.0 Å². The third kappa shape index (κ3) is 7.99. The lowest BCUT2D eigenvalue weighted by Crippen LogP contribution is -2.46. The van der Waals surface area contributed by atoms with E-state index in [-0.39, 0.29) is 11.8 Å². The van der Waals surface area contributed by atoms with Crippen molar-refractivity contribution in [1.29, 1.82) is 0 Å². The summed E-state index contributed by atoms with van der Waals surface area (Å²) in [5, 5.41) is 10.3. The first-order chi connectivity index (χ1) is 17.3. The van der Waals surface area contributed by atoms with Crippen LogP contribution < -0.4 is 16.0 Å². The van der Waals surface area contributed by atoms with Gasteiger partial charge in [-0.15, -0.1) is 11.3 Å². The second-order valence-corrected chi connectivity index (χ2v) is 10.3. The molecule has 196 valence electrons. The molecule has 10 nitrogen and oxygen atoms in total. The van der Waals surface area contributed by atoms with Crippen molar-refractivity contribution < 1.29 is 9.59 Å². The molecule has 3 rings (SSSR count). The van der Waals surface area contributed by atoms with Gasteiger partial charge < -0.3 is 25.8 Å². The van der Waals surface area contributed by atoms with Gasteiger partial charge in [0, 0.05) is 56.3 Å². The van der Waals surface area contributed by atoms with Gasteiger partial charge in [0.2, 0.25) is 11.8 Å². The second kappa shape index (κ2) is 13.3. The van der Waals surface area contributed by atoms with E-state index in [1.165, 1.54) is 35.1 Å². The van der Waals surface area contributed by atoms with Crippen molar-refractivity contribution in [3.63, 3.8) is 0 Å². The molecule has 2 aromatic heterocycles. The van der Waals surface area contributed by atoms with Crippen LogP contribution in [0.3, 0.4) is 0 Å². The summed E-state index contributed by atoms with van der Waals surface area (Å²) >= 11 is 1.68. The van der Waals surface area contributed by atoms with E-state index in [2.05, 4.69) is 30.9 Å². The molecule has 0 saturated heterocycles. The summed E-state index contributed by atoms with van der Waals surface area (Å²) in [7, 11) is 5.48. The fourth-order valence-electron chi connectivity index (χ4n) is 3.52. The van der Waals surface area contributed by atoms with Crippen molar-refractivity contribution in [2.45, 2.75) is 51.5 Å². The second-order valence-electron chi connectivity index (χ2n) is 9.24. The fourth-order valence-corrected chi connectivity index (χ4v) is 4.51. The van der Waals surface area contributed by atoms with E-state index in [1.54, 1.807) is 31.4 Å². The minimum absolute atomic E-state index is 0.203. The standard InChI is InChI=1S/C25H38N8O2S/c1-6-20-29-21(15-22(30-20)31-25-28-16-19(36-25)18-9-7-10-18)26-12-13-27-24(35)17(2)33(5)23(34)11-8-14-32(3)4/h8,11,15-18H,6-7,9-10,12-14H2,1-5H3,(H,27,35)(H2,26,28,29,30,31)/t17-/m0/s1. The maximum absolute atomic E-state index is 12.5. The number of aromatic nitrogens is 3. The molecule has 0 spiro atoms. The molecule has 0 bridgehead atoms. The van der Waals surface area contributed by atoms with Crippen molar-refractivity contribution in [2.75, 3.05) is 51.4 Å². The Bertz CT molecular complexity index is 1050. The van der Waals surface area contributed by atoms with Gasteiger partial charge in [0.1, 0.15) is 23.5 Å². The van der Waals surface area contributed by atoms with Crippen LogP contribution in [0.4, 0.5) is 16.8 Å². The van der Waals surface area contributed by atoms with E-state index < -0.39 is 6.04 Å². The van der Waals surface area contributed by atoms with Gasteiger partial charge in [0.25, 0.3) is 0 Å². The number of nitrogens with one attached hydrogen (secondary N) is 3. The predicted octanol–water partition coefficient (Wildman–Crippen LogP) is 3.00. The van der Waals surface area contributed by atoms with Crippen molar-refractivity contribution in [3.8, 4) is 0 Å². The predicted molar refractivity (Wildman–Crippen MR) is 145 cm³/mol. The number of rotatable bonds is 13. The minimum atomic E-state index is -0.578. The summed E-state index contributed by atoms with van der Waals surface area (Å²) in [5.41, 5.74) is 0. The monoisotopic (exact) mass is 514 g/mol. The van der Waals surface area contributed by atoms with Gasteiger partial charge in [-0.2, -0.15) is 0 Å². The normalized spacial score (nSPS) is 14.5. The Morgan fingerprint density at radius 2 is 1.94 bits per heavy atom.